The molecule has 1 aromatic rings. The van der Waals surface area contributed by atoms with E-state index >= 15 is 0 Å². The second-order valence-corrected chi connectivity index (χ2v) is 5.29. The highest BCUT2D eigenvalue weighted by Crippen LogP contribution is 2.33. The first-order chi connectivity index (χ1) is 7.97. The molecule has 1 N–H and O–H groups in total. The normalized spacial score (nSPS) is 20.2. The van der Waals surface area contributed by atoms with Crippen molar-refractivity contribution in [3.63, 3.8) is 0 Å². The molecule has 0 spiro atoms. The van der Waals surface area contributed by atoms with Crippen molar-refractivity contribution in [1.82, 2.24) is 15.2 Å². The van der Waals surface area contributed by atoms with E-state index in [9.17, 15) is 13.2 Å². The smallest absolute Gasteiger partial charge is 0.315 e. The highest BCUT2D eigenvalue weighted by Gasteiger charge is 2.33. The lowest BCUT2D eigenvalue weighted by atomic mass is 10.2. The number of nitrogens with one attached hydrogen (secondary N) is 1. The van der Waals surface area contributed by atoms with E-state index in [4.69, 9.17) is 0 Å². The molecule has 3 nitrogen and oxygen atoms in total. The van der Waals surface area contributed by atoms with Gasteiger partial charge in [0.15, 0.2) is 0 Å². The molecule has 2 heterocycles. The third kappa shape index (κ3) is 3.81. The summed E-state index contributed by atoms with van der Waals surface area (Å²) in [6.45, 7) is 2.35. The Morgan fingerprint density at radius 1 is 1.56 bits per heavy atom. The Balaban J connectivity index is 0.00000162. The molecule has 0 radical (unpaired) electrons. The second-order valence-electron chi connectivity index (χ2n) is 4.18. The SMILES string of the molecule is CN(Cc1ncc(C(F)(F)F)s1)C1CCNC1.Cl. The Labute approximate surface area is 114 Å². The first-order valence-corrected chi connectivity index (χ1v) is 6.21. The molecule has 0 saturated carbocycles. The van der Waals surface area contributed by atoms with Crippen LogP contribution in [0.4, 0.5) is 13.2 Å². The van der Waals surface area contributed by atoms with Crippen LogP contribution in [0, 0.1) is 0 Å². The number of hydrogen-bond donors (Lipinski definition) is 1. The molecule has 1 fully saturated rings. The van der Waals surface area contributed by atoms with Crippen LogP contribution in [-0.4, -0.2) is 36.1 Å². The monoisotopic (exact) mass is 301 g/mol. The molecule has 1 aliphatic rings. The van der Waals surface area contributed by atoms with Gasteiger partial charge >= 0.3 is 6.18 Å². The highest BCUT2D eigenvalue weighted by atomic mass is 35.5. The van der Waals surface area contributed by atoms with E-state index in [2.05, 4.69) is 15.2 Å². The minimum Gasteiger partial charge on any atom is -0.315 e. The number of nitrogens with zero attached hydrogens (tertiary/aromatic N) is 2. The Morgan fingerprint density at radius 2 is 2.28 bits per heavy atom. The first-order valence-electron chi connectivity index (χ1n) is 5.39. The molecule has 1 atom stereocenters. The van der Waals surface area contributed by atoms with E-state index in [1.54, 1.807) is 0 Å². The van der Waals surface area contributed by atoms with Crippen molar-refractivity contribution in [2.45, 2.75) is 25.2 Å². The van der Waals surface area contributed by atoms with Gasteiger partial charge in [0.25, 0.3) is 0 Å². The number of aromatic nitrogens is 1. The van der Waals surface area contributed by atoms with Gasteiger partial charge in [0, 0.05) is 12.6 Å². The second kappa shape index (κ2) is 6.18. The molecule has 1 unspecified atom stereocenters. The lowest BCUT2D eigenvalue weighted by Crippen LogP contribution is -2.32. The van der Waals surface area contributed by atoms with Crippen LogP contribution < -0.4 is 5.32 Å². The van der Waals surface area contributed by atoms with E-state index in [1.165, 1.54) is 0 Å². The van der Waals surface area contributed by atoms with Gasteiger partial charge in [-0.25, -0.2) is 4.98 Å². The summed E-state index contributed by atoms with van der Waals surface area (Å²) < 4.78 is 37.2. The fourth-order valence-corrected chi connectivity index (χ4v) is 2.72. The van der Waals surface area contributed by atoms with E-state index in [0.717, 1.165) is 37.0 Å². The van der Waals surface area contributed by atoms with E-state index in [-0.39, 0.29) is 12.4 Å². The zero-order valence-electron chi connectivity index (χ0n) is 9.83. The van der Waals surface area contributed by atoms with Gasteiger partial charge in [-0.3, -0.25) is 4.90 Å². The van der Waals surface area contributed by atoms with Crippen molar-refractivity contribution < 1.29 is 13.2 Å². The van der Waals surface area contributed by atoms with Crippen molar-refractivity contribution in [1.29, 1.82) is 0 Å². The molecule has 1 aliphatic heterocycles. The Hall–Kier alpha value is -0.370. The van der Waals surface area contributed by atoms with Crippen LogP contribution in [-0.2, 0) is 12.7 Å². The van der Waals surface area contributed by atoms with E-state index in [0.29, 0.717) is 17.6 Å². The molecule has 0 amide bonds. The van der Waals surface area contributed by atoms with Crippen molar-refractivity contribution >= 4 is 23.7 Å². The lowest BCUT2D eigenvalue weighted by molar-refractivity contribution is -0.134. The molecule has 1 aromatic heterocycles. The predicted molar refractivity (Wildman–Crippen MR) is 67.1 cm³/mol. The van der Waals surface area contributed by atoms with Crippen LogP contribution in [0.15, 0.2) is 6.20 Å². The fraction of sp³-hybridized carbons (Fsp3) is 0.700. The number of halogens is 4. The van der Waals surface area contributed by atoms with Crippen LogP contribution in [0.1, 0.15) is 16.3 Å². The lowest BCUT2D eigenvalue weighted by Gasteiger charge is -2.21. The molecule has 0 aromatic carbocycles. The quantitative estimate of drug-likeness (QED) is 0.929. The highest BCUT2D eigenvalue weighted by molar-refractivity contribution is 7.11. The summed E-state index contributed by atoms with van der Waals surface area (Å²) in [5.74, 6) is 0. The Kier molecular flexibility index (Phi) is 5.39. The van der Waals surface area contributed by atoms with E-state index < -0.39 is 11.1 Å². The standard InChI is InChI=1S/C10H14F3N3S.ClH/c1-16(7-2-3-14-4-7)6-9-15-5-8(17-9)10(11,12)13;/h5,7,14H,2-4,6H2,1H3;1H. The molecule has 18 heavy (non-hydrogen) atoms. The molecule has 104 valence electrons. The van der Waals surface area contributed by atoms with Gasteiger partial charge in [-0.2, -0.15) is 13.2 Å². The van der Waals surface area contributed by atoms with Crippen LogP contribution in [0.25, 0.3) is 0 Å². The molecule has 1 saturated heterocycles. The van der Waals surface area contributed by atoms with Gasteiger partial charge in [0.05, 0.1) is 12.7 Å². The van der Waals surface area contributed by atoms with Gasteiger partial charge in [0.1, 0.15) is 9.88 Å². The van der Waals surface area contributed by atoms with E-state index in [1.807, 2.05) is 7.05 Å². The maximum Gasteiger partial charge on any atom is 0.427 e. The zero-order valence-corrected chi connectivity index (χ0v) is 11.5. The maximum atomic E-state index is 12.4. The van der Waals surface area contributed by atoms with Crippen molar-refractivity contribution in [3.05, 3.63) is 16.1 Å². The summed E-state index contributed by atoms with van der Waals surface area (Å²) in [6.07, 6.45) is -2.32. The largest absolute Gasteiger partial charge is 0.427 e. The zero-order chi connectivity index (χ0) is 12.5. The average Bonchev–Trinajstić information content (AvgIpc) is 2.85. The van der Waals surface area contributed by atoms with Crippen molar-refractivity contribution in [2.24, 2.45) is 0 Å². The average molecular weight is 302 g/mol. The molecule has 0 bridgehead atoms. The molecule has 8 heteroatoms. The Bertz CT molecular complexity index is 377. The molecular formula is C10H15ClF3N3S. The van der Waals surface area contributed by atoms with Crippen LogP contribution in [0.5, 0.6) is 0 Å². The fourth-order valence-electron chi connectivity index (χ4n) is 1.87. The minimum absolute atomic E-state index is 0. The number of thiazole rings is 1. The van der Waals surface area contributed by atoms with Crippen molar-refractivity contribution in [2.75, 3.05) is 20.1 Å². The number of alkyl halides is 3. The third-order valence-corrected chi connectivity index (χ3v) is 3.90. The van der Waals surface area contributed by atoms with Gasteiger partial charge in [-0.15, -0.1) is 23.7 Å². The van der Waals surface area contributed by atoms with Gasteiger partial charge in [-0.1, -0.05) is 0 Å². The summed E-state index contributed by atoms with van der Waals surface area (Å²) in [5, 5.41) is 3.75. The number of likely N-dealkylation sites (N-methyl/N-ethyl adjacent to an activating group) is 1. The third-order valence-electron chi connectivity index (χ3n) is 2.88. The number of hydrogen-bond acceptors (Lipinski definition) is 4. The summed E-state index contributed by atoms with van der Waals surface area (Å²) in [6, 6.07) is 0.397. The van der Waals surface area contributed by atoms with Crippen LogP contribution in [0.3, 0.4) is 0 Å². The molecule has 0 aliphatic carbocycles. The Morgan fingerprint density at radius 3 is 2.78 bits per heavy atom. The van der Waals surface area contributed by atoms with Gasteiger partial charge < -0.3 is 5.32 Å². The summed E-state index contributed by atoms with van der Waals surface area (Å²) in [4.78, 5) is 5.27. The van der Waals surface area contributed by atoms with Crippen molar-refractivity contribution in [3.8, 4) is 0 Å². The van der Waals surface area contributed by atoms with Gasteiger partial charge in [0.2, 0.25) is 0 Å². The maximum absolute atomic E-state index is 12.4. The van der Waals surface area contributed by atoms with Crippen LogP contribution >= 0.6 is 23.7 Å². The summed E-state index contributed by atoms with van der Waals surface area (Å²) in [7, 11) is 1.92. The predicted octanol–water partition coefficient (Wildman–Crippen LogP) is 2.38. The van der Waals surface area contributed by atoms with Gasteiger partial charge in [-0.05, 0) is 20.0 Å². The summed E-state index contributed by atoms with van der Waals surface area (Å²) in [5.41, 5.74) is 0. The summed E-state index contributed by atoms with van der Waals surface area (Å²) >= 11 is 0.729. The first kappa shape index (κ1) is 15.7. The number of rotatable bonds is 3. The molecular weight excluding hydrogens is 287 g/mol. The topological polar surface area (TPSA) is 28.2 Å². The van der Waals surface area contributed by atoms with Crippen LogP contribution in [0.2, 0.25) is 0 Å². The molecule has 2 rings (SSSR count). The minimum atomic E-state index is -4.27.